The lowest BCUT2D eigenvalue weighted by Crippen LogP contribution is -2.20. The number of nitrogens with two attached hydrogens (primary N) is 1. The van der Waals surface area contributed by atoms with Gasteiger partial charge in [0, 0.05) is 18.0 Å². The quantitative estimate of drug-likeness (QED) is 0.369. The third-order valence-electron chi connectivity index (χ3n) is 4.55. The zero-order chi connectivity index (χ0) is 25.5. The van der Waals surface area contributed by atoms with Gasteiger partial charge in [-0.3, -0.25) is 9.79 Å². The standard InChI is InChI=1S/C22H18F4N2O4.C2H6/c1-30-16-8-7-15-18(29)17(21(22(24,25)26)32-19(15)20(16)31-2)13(9-27)11-28-10-12-3-5-14(23)6-4-12;1-2/h3-9,11H,10,27H2,1-2H3;1-2H3/b13-9+,28-11?;. The van der Waals surface area contributed by atoms with Crippen molar-refractivity contribution in [3.63, 3.8) is 0 Å². The fourth-order valence-electron chi connectivity index (χ4n) is 3.06. The molecule has 0 unspecified atom stereocenters. The van der Waals surface area contributed by atoms with Gasteiger partial charge in [-0.15, -0.1) is 0 Å². The first kappa shape index (κ1) is 26.4. The minimum absolute atomic E-state index is 0.0307. The summed E-state index contributed by atoms with van der Waals surface area (Å²) in [5, 5.41) is -0.156. The Morgan fingerprint density at radius 2 is 1.74 bits per heavy atom. The van der Waals surface area contributed by atoms with Crippen LogP contribution in [0.25, 0.3) is 16.5 Å². The smallest absolute Gasteiger partial charge is 0.450 e. The van der Waals surface area contributed by atoms with Crippen molar-refractivity contribution < 1.29 is 31.5 Å². The average Bonchev–Trinajstić information content (AvgIpc) is 2.83. The average molecular weight is 480 g/mol. The second kappa shape index (κ2) is 11.4. The number of benzene rings is 2. The Labute approximate surface area is 193 Å². The van der Waals surface area contributed by atoms with Crippen LogP contribution in [0, 0.1) is 5.82 Å². The number of nitrogens with zero attached hydrogens (tertiary/aromatic N) is 1. The van der Waals surface area contributed by atoms with E-state index in [0.29, 0.717) is 5.56 Å². The molecule has 1 heterocycles. The monoisotopic (exact) mass is 480 g/mol. The van der Waals surface area contributed by atoms with E-state index in [1.54, 1.807) is 0 Å². The molecule has 2 aromatic carbocycles. The molecule has 3 rings (SSSR count). The van der Waals surface area contributed by atoms with E-state index in [4.69, 9.17) is 19.6 Å². The number of hydrogen-bond donors (Lipinski definition) is 1. The van der Waals surface area contributed by atoms with Crippen molar-refractivity contribution in [1.29, 1.82) is 0 Å². The lowest BCUT2D eigenvalue weighted by Gasteiger charge is -2.15. The fourth-order valence-corrected chi connectivity index (χ4v) is 3.06. The second-order valence-corrected chi connectivity index (χ2v) is 6.53. The van der Waals surface area contributed by atoms with Crippen LogP contribution in [0.3, 0.4) is 0 Å². The van der Waals surface area contributed by atoms with Crippen LogP contribution in [0.2, 0.25) is 0 Å². The summed E-state index contributed by atoms with van der Waals surface area (Å²) < 4.78 is 69.8. The number of hydrogen-bond acceptors (Lipinski definition) is 6. The summed E-state index contributed by atoms with van der Waals surface area (Å²) in [7, 11) is 2.51. The predicted molar refractivity (Wildman–Crippen MR) is 123 cm³/mol. The highest BCUT2D eigenvalue weighted by atomic mass is 19.4. The molecular weight excluding hydrogens is 456 g/mol. The Kier molecular flexibility index (Phi) is 8.83. The topological polar surface area (TPSA) is 87.0 Å². The first-order chi connectivity index (χ1) is 16.2. The summed E-state index contributed by atoms with van der Waals surface area (Å²) in [5.41, 5.74) is 3.69. The van der Waals surface area contributed by atoms with E-state index in [1.165, 1.54) is 50.6 Å². The molecule has 182 valence electrons. The van der Waals surface area contributed by atoms with Crippen LogP contribution < -0.4 is 20.6 Å². The Balaban J connectivity index is 0.00000199. The molecule has 0 saturated carbocycles. The molecule has 0 saturated heterocycles. The molecule has 10 heteroatoms. The molecule has 0 spiro atoms. The highest BCUT2D eigenvalue weighted by Gasteiger charge is 2.40. The van der Waals surface area contributed by atoms with Gasteiger partial charge < -0.3 is 19.6 Å². The largest absolute Gasteiger partial charge is 0.493 e. The number of allylic oxidation sites excluding steroid dienone is 1. The zero-order valence-corrected chi connectivity index (χ0v) is 19.0. The first-order valence-corrected chi connectivity index (χ1v) is 10.2. The molecule has 0 aliphatic heterocycles. The molecule has 0 fully saturated rings. The van der Waals surface area contributed by atoms with Gasteiger partial charge in [0.15, 0.2) is 11.3 Å². The van der Waals surface area contributed by atoms with E-state index < -0.39 is 34.3 Å². The molecular formula is C24H24F4N2O4. The van der Waals surface area contributed by atoms with Crippen LogP contribution in [0.4, 0.5) is 17.6 Å². The highest BCUT2D eigenvalue weighted by Crippen LogP contribution is 2.40. The maximum absolute atomic E-state index is 13.8. The first-order valence-electron chi connectivity index (χ1n) is 10.2. The highest BCUT2D eigenvalue weighted by molar-refractivity contribution is 6.11. The van der Waals surface area contributed by atoms with Crippen molar-refractivity contribution in [1.82, 2.24) is 0 Å². The van der Waals surface area contributed by atoms with Gasteiger partial charge in [-0.05, 0) is 29.8 Å². The zero-order valence-electron chi connectivity index (χ0n) is 19.0. The summed E-state index contributed by atoms with van der Waals surface area (Å²) in [6, 6.07) is 8.06. The lowest BCUT2D eigenvalue weighted by atomic mass is 10.0. The van der Waals surface area contributed by atoms with Crippen molar-refractivity contribution >= 4 is 22.8 Å². The van der Waals surface area contributed by atoms with Crippen molar-refractivity contribution in [3.8, 4) is 11.5 Å². The van der Waals surface area contributed by atoms with Gasteiger partial charge in [0.05, 0.1) is 31.7 Å². The van der Waals surface area contributed by atoms with Gasteiger partial charge in [-0.2, -0.15) is 13.2 Å². The van der Waals surface area contributed by atoms with Crippen molar-refractivity contribution in [2.24, 2.45) is 10.7 Å². The summed E-state index contributed by atoms with van der Waals surface area (Å²) in [6.07, 6.45) is -3.14. The number of halogens is 4. The van der Waals surface area contributed by atoms with Gasteiger partial charge in [-0.25, -0.2) is 4.39 Å². The van der Waals surface area contributed by atoms with E-state index in [0.717, 1.165) is 12.4 Å². The summed E-state index contributed by atoms with van der Waals surface area (Å²) >= 11 is 0. The Bertz CT molecular complexity index is 1250. The third kappa shape index (κ3) is 5.56. The SMILES string of the molecule is CC.COc1ccc2c(=O)c(/C(C=NCc3ccc(F)cc3)=C/N)c(C(F)(F)F)oc2c1OC. The van der Waals surface area contributed by atoms with Gasteiger partial charge in [0.2, 0.25) is 16.9 Å². The van der Waals surface area contributed by atoms with Crippen molar-refractivity contribution in [2.75, 3.05) is 14.2 Å². The molecule has 3 aromatic rings. The van der Waals surface area contributed by atoms with Gasteiger partial charge >= 0.3 is 6.18 Å². The normalized spacial score (nSPS) is 11.9. The summed E-state index contributed by atoms with van der Waals surface area (Å²) in [5.74, 6) is -2.04. The molecule has 6 nitrogen and oxygen atoms in total. The number of aliphatic imine (C=N–C) groups is 1. The molecule has 0 amide bonds. The molecule has 1 aromatic heterocycles. The third-order valence-corrected chi connectivity index (χ3v) is 4.55. The molecule has 34 heavy (non-hydrogen) atoms. The lowest BCUT2D eigenvalue weighted by molar-refractivity contribution is -0.153. The Hall–Kier alpha value is -3.82. The van der Waals surface area contributed by atoms with Gasteiger partial charge in [0.25, 0.3) is 0 Å². The molecule has 0 radical (unpaired) electrons. The van der Waals surface area contributed by atoms with E-state index in [-0.39, 0.29) is 29.0 Å². The van der Waals surface area contributed by atoms with E-state index in [2.05, 4.69) is 4.99 Å². The number of fused-ring (bicyclic) bond motifs is 1. The fraction of sp³-hybridized carbons (Fsp3) is 0.250. The molecule has 0 aliphatic rings. The van der Waals surface area contributed by atoms with Crippen LogP contribution in [-0.4, -0.2) is 20.4 Å². The Morgan fingerprint density at radius 3 is 2.26 bits per heavy atom. The predicted octanol–water partition coefficient (Wildman–Crippen LogP) is 5.56. The molecule has 2 N–H and O–H groups in total. The van der Waals surface area contributed by atoms with E-state index in [1.807, 2.05) is 13.8 Å². The van der Waals surface area contributed by atoms with Crippen molar-refractivity contribution in [3.05, 3.63) is 75.5 Å². The number of alkyl halides is 3. The summed E-state index contributed by atoms with van der Waals surface area (Å²) in [6.45, 7) is 4.03. The minimum atomic E-state index is -5.02. The molecule has 0 aliphatic carbocycles. The van der Waals surface area contributed by atoms with Crippen molar-refractivity contribution in [2.45, 2.75) is 26.6 Å². The van der Waals surface area contributed by atoms with E-state index in [9.17, 15) is 22.4 Å². The van der Waals surface area contributed by atoms with Crippen LogP contribution in [0.5, 0.6) is 11.5 Å². The maximum atomic E-state index is 13.8. The molecule has 0 bridgehead atoms. The maximum Gasteiger partial charge on any atom is 0.450 e. The van der Waals surface area contributed by atoms with Gasteiger partial charge in [0.1, 0.15) is 5.82 Å². The van der Waals surface area contributed by atoms with E-state index >= 15 is 0 Å². The van der Waals surface area contributed by atoms with Gasteiger partial charge in [-0.1, -0.05) is 26.0 Å². The van der Waals surface area contributed by atoms with Crippen LogP contribution in [-0.2, 0) is 12.7 Å². The number of ether oxygens (including phenoxy) is 2. The van der Waals surface area contributed by atoms with Crippen LogP contribution in [0.1, 0.15) is 30.7 Å². The molecule has 0 atom stereocenters. The summed E-state index contributed by atoms with van der Waals surface area (Å²) in [4.78, 5) is 17.1. The van der Waals surface area contributed by atoms with Crippen LogP contribution >= 0.6 is 0 Å². The Morgan fingerprint density at radius 1 is 1.09 bits per heavy atom. The number of methoxy groups -OCH3 is 2. The van der Waals surface area contributed by atoms with Crippen LogP contribution in [0.15, 0.2) is 56.8 Å². The second-order valence-electron chi connectivity index (χ2n) is 6.53. The number of rotatable bonds is 6. The minimum Gasteiger partial charge on any atom is -0.493 e.